The first-order chi connectivity index (χ1) is 13.2. The van der Waals surface area contributed by atoms with Gasteiger partial charge < -0.3 is 9.84 Å². The van der Waals surface area contributed by atoms with E-state index in [1.165, 1.54) is 24.3 Å². The lowest BCUT2D eigenvalue weighted by molar-refractivity contribution is -0.146. The van der Waals surface area contributed by atoms with Crippen LogP contribution in [-0.2, 0) is 26.0 Å². The second kappa shape index (κ2) is 8.37. The van der Waals surface area contributed by atoms with Gasteiger partial charge >= 0.3 is 5.97 Å². The van der Waals surface area contributed by atoms with Gasteiger partial charge in [0.1, 0.15) is 5.82 Å². The monoisotopic (exact) mass is 446 g/mol. The third-order valence-electron chi connectivity index (χ3n) is 4.81. The molecule has 2 aromatic rings. The Balaban J connectivity index is 1.78. The van der Waals surface area contributed by atoms with Crippen molar-refractivity contribution < 1.29 is 27.4 Å². The lowest BCUT2D eigenvalue weighted by atomic mass is 10.1. The second-order valence-electron chi connectivity index (χ2n) is 6.61. The lowest BCUT2D eigenvalue weighted by Crippen LogP contribution is -2.25. The zero-order chi connectivity index (χ0) is 20.5. The smallest absolute Gasteiger partial charge is 0.309 e. The number of carboxylic acids is 1. The molecule has 1 fully saturated rings. The maximum atomic E-state index is 13.6. The summed E-state index contributed by atoms with van der Waals surface area (Å²) in [5, 5.41) is 8.63. The number of ether oxygens (including phenoxy) is 1. The van der Waals surface area contributed by atoms with Crippen molar-refractivity contribution in [1.82, 2.24) is 0 Å². The van der Waals surface area contributed by atoms with E-state index >= 15 is 0 Å². The standard InChI is InChI=1S/C19H17Cl2FO5S/c20-14-6-5-11(7-16(14)22)10-27-17-9-12(8-13(17)19(23)24)28(25,26)18-4-2-1-3-15(18)21/h1-7,12-13,17H,8-10H2,(H,23,24)/t12-,13-,17-/m1/s1. The van der Waals surface area contributed by atoms with Crippen molar-refractivity contribution in [3.63, 3.8) is 0 Å². The molecule has 0 radical (unpaired) electrons. The van der Waals surface area contributed by atoms with E-state index < -0.39 is 38.9 Å². The van der Waals surface area contributed by atoms with Gasteiger partial charge in [-0.1, -0.05) is 41.4 Å². The highest BCUT2D eigenvalue weighted by Gasteiger charge is 2.45. The quantitative estimate of drug-likeness (QED) is 0.712. The maximum Gasteiger partial charge on any atom is 0.309 e. The zero-order valence-electron chi connectivity index (χ0n) is 14.5. The van der Waals surface area contributed by atoms with E-state index in [-0.39, 0.29) is 34.4 Å². The molecule has 5 nitrogen and oxygen atoms in total. The van der Waals surface area contributed by atoms with E-state index in [1.54, 1.807) is 18.2 Å². The lowest BCUT2D eigenvalue weighted by Gasteiger charge is -2.17. The summed E-state index contributed by atoms with van der Waals surface area (Å²) in [7, 11) is -3.82. The minimum Gasteiger partial charge on any atom is -0.481 e. The van der Waals surface area contributed by atoms with Crippen LogP contribution in [0.2, 0.25) is 10.0 Å². The highest BCUT2D eigenvalue weighted by atomic mass is 35.5. The molecule has 1 aliphatic carbocycles. The van der Waals surface area contributed by atoms with E-state index in [2.05, 4.69) is 0 Å². The average molecular weight is 447 g/mol. The highest BCUT2D eigenvalue weighted by molar-refractivity contribution is 7.92. The number of rotatable bonds is 6. The van der Waals surface area contributed by atoms with E-state index in [4.69, 9.17) is 27.9 Å². The molecule has 1 N–H and O–H groups in total. The number of halogens is 3. The molecule has 0 aromatic heterocycles. The van der Waals surface area contributed by atoms with Crippen LogP contribution in [0, 0.1) is 11.7 Å². The van der Waals surface area contributed by atoms with Gasteiger partial charge in [0.25, 0.3) is 0 Å². The van der Waals surface area contributed by atoms with Gasteiger partial charge in [-0.15, -0.1) is 0 Å². The maximum absolute atomic E-state index is 13.6. The molecule has 0 heterocycles. The fourth-order valence-electron chi connectivity index (χ4n) is 3.34. The Kier molecular flexibility index (Phi) is 6.29. The molecule has 1 aliphatic rings. The third kappa shape index (κ3) is 4.33. The topological polar surface area (TPSA) is 80.7 Å². The van der Waals surface area contributed by atoms with Crippen LogP contribution < -0.4 is 0 Å². The fraction of sp³-hybridized carbons (Fsp3) is 0.316. The molecule has 0 bridgehead atoms. The normalized spacial score (nSPS) is 22.3. The summed E-state index contributed by atoms with van der Waals surface area (Å²) in [6.07, 6.45) is -0.887. The molecule has 0 aliphatic heterocycles. The van der Waals surface area contributed by atoms with Crippen LogP contribution in [-0.4, -0.2) is 30.8 Å². The Labute approximate surface area is 172 Å². The predicted molar refractivity (Wildman–Crippen MR) is 103 cm³/mol. The van der Waals surface area contributed by atoms with Crippen LogP contribution in [0.4, 0.5) is 4.39 Å². The summed E-state index contributed by atoms with van der Waals surface area (Å²) in [5.41, 5.74) is 0.475. The van der Waals surface area contributed by atoms with Crippen LogP contribution in [0.15, 0.2) is 47.4 Å². The molecule has 9 heteroatoms. The van der Waals surface area contributed by atoms with Crippen LogP contribution in [0.1, 0.15) is 18.4 Å². The molecule has 0 unspecified atom stereocenters. The molecular weight excluding hydrogens is 430 g/mol. The van der Waals surface area contributed by atoms with Crippen molar-refractivity contribution in [2.24, 2.45) is 5.92 Å². The predicted octanol–water partition coefficient (Wildman–Crippen LogP) is 4.35. The summed E-state index contributed by atoms with van der Waals surface area (Å²) in [6.45, 7) is -0.0542. The molecule has 150 valence electrons. The molecular formula is C19H17Cl2FO5S. The molecule has 3 rings (SSSR count). The molecule has 0 amide bonds. The Bertz CT molecular complexity index is 996. The number of carboxylic acid groups (broad SMARTS) is 1. The van der Waals surface area contributed by atoms with Gasteiger partial charge in [0, 0.05) is 0 Å². The van der Waals surface area contributed by atoms with Gasteiger partial charge in [0.05, 0.1) is 38.8 Å². The number of aliphatic carboxylic acids is 1. The van der Waals surface area contributed by atoms with E-state index in [9.17, 15) is 22.7 Å². The number of benzene rings is 2. The van der Waals surface area contributed by atoms with Crippen molar-refractivity contribution in [3.8, 4) is 0 Å². The summed E-state index contributed by atoms with van der Waals surface area (Å²) in [4.78, 5) is 11.6. The number of sulfone groups is 1. The average Bonchev–Trinajstić information content (AvgIpc) is 3.08. The molecule has 28 heavy (non-hydrogen) atoms. The first-order valence-corrected chi connectivity index (χ1v) is 10.8. The third-order valence-corrected chi connectivity index (χ3v) is 7.79. The summed E-state index contributed by atoms with van der Waals surface area (Å²) >= 11 is 11.7. The summed E-state index contributed by atoms with van der Waals surface area (Å²) in [6, 6.07) is 10.2. The second-order valence-corrected chi connectivity index (χ2v) is 9.62. The Morgan fingerprint density at radius 3 is 2.50 bits per heavy atom. The van der Waals surface area contributed by atoms with Gasteiger partial charge in [0.15, 0.2) is 9.84 Å². The number of hydrogen-bond acceptors (Lipinski definition) is 4. The van der Waals surface area contributed by atoms with Crippen molar-refractivity contribution in [2.75, 3.05) is 0 Å². The molecule has 1 saturated carbocycles. The van der Waals surface area contributed by atoms with Crippen molar-refractivity contribution in [2.45, 2.75) is 35.7 Å². The number of carbonyl (C=O) groups is 1. The summed E-state index contributed by atoms with van der Waals surface area (Å²) < 4.78 is 45.1. The SMILES string of the molecule is O=C(O)[C@@H]1C[C@@H](S(=O)(=O)c2ccccc2Cl)C[C@H]1OCc1ccc(Cl)c(F)c1. The minimum absolute atomic E-state index is 0.0145. The van der Waals surface area contributed by atoms with Crippen LogP contribution in [0.3, 0.4) is 0 Å². The molecule has 0 saturated heterocycles. The van der Waals surface area contributed by atoms with E-state index in [1.807, 2.05) is 0 Å². The van der Waals surface area contributed by atoms with E-state index in [0.29, 0.717) is 5.56 Å². The largest absolute Gasteiger partial charge is 0.481 e. The van der Waals surface area contributed by atoms with Gasteiger partial charge in [-0.05, 0) is 42.7 Å². The van der Waals surface area contributed by atoms with Crippen LogP contribution >= 0.6 is 23.2 Å². The van der Waals surface area contributed by atoms with Crippen molar-refractivity contribution in [3.05, 3.63) is 63.9 Å². The Morgan fingerprint density at radius 1 is 1.14 bits per heavy atom. The number of hydrogen-bond donors (Lipinski definition) is 1. The molecule has 2 aromatic carbocycles. The fourth-order valence-corrected chi connectivity index (χ4v) is 5.79. The van der Waals surface area contributed by atoms with Crippen molar-refractivity contribution in [1.29, 1.82) is 0 Å². The summed E-state index contributed by atoms with van der Waals surface area (Å²) in [5.74, 6) is -2.73. The zero-order valence-corrected chi connectivity index (χ0v) is 16.8. The van der Waals surface area contributed by atoms with Crippen molar-refractivity contribution >= 4 is 39.0 Å². The first-order valence-electron chi connectivity index (χ1n) is 8.47. The Morgan fingerprint density at radius 2 is 1.86 bits per heavy atom. The van der Waals surface area contributed by atoms with Gasteiger partial charge in [-0.25, -0.2) is 12.8 Å². The molecule has 3 atom stereocenters. The Hall–Kier alpha value is -1.67. The van der Waals surface area contributed by atoms with Crippen LogP contribution in [0.5, 0.6) is 0 Å². The van der Waals surface area contributed by atoms with Gasteiger partial charge in [-0.2, -0.15) is 0 Å². The van der Waals surface area contributed by atoms with Gasteiger partial charge in [-0.3, -0.25) is 4.79 Å². The van der Waals surface area contributed by atoms with Gasteiger partial charge in [0.2, 0.25) is 0 Å². The van der Waals surface area contributed by atoms with E-state index in [0.717, 1.165) is 0 Å². The van der Waals surface area contributed by atoms with Crippen LogP contribution in [0.25, 0.3) is 0 Å². The minimum atomic E-state index is -3.82. The first kappa shape index (κ1) is 21.0. The highest BCUT2D eigenvalue weighted by Crippen LogP contribution is 2.38. The molecule has 0 spiro atoms.